The zero-order valence-electron chi connectivity index (χ0n) is 16.2. The van der Waals surface area contributed by atoms with Crippen LogP contribution in [0.4, 0.5) is 4.79 Å². The standard InChI is InChI=1S/C21H25N3O4/c1-3-15-9-6-7-11-23(15)18(25)13-24-19(26)21(2,22-20(24)27)17-12-14-8-4-5-10-16(14)28-17/h4-5,8,10,12,15H,3,6-7,9,11,13H2,1-2H3,(H,22,27). The Bertz CT molecular complexity index is 904. The molecule has 1 aromatic carbocycles. The summed E-state index contributed by atoms with van der Waals surface area (Å²) in [5, 5.41) is 3.57. The first-order valence-corrected chi connectivity index (χ1v) is 9.86. The van der Waals surface area contributed by atoms with Crippen molar-refractivity contribution < 1.29 is 18.8 Å². The van der Waals surface area contributed by atoms with Crippen molar-refractivity contribution in [2.75, 3.05) is 13.1 Å². The van der Waals surface area contributed by atoms with Gasteiger partial charge >= 0.3 is 6.03 Å². The number of carbonyl (C=O) groups excluding carboxylic acids is 3. The Morgan fingerprint density at radius 3 is 2.82 bits per heavy atom. The first-order valence-electron chi connectivity index (χ1n) is 9.86. The number of carbonyl (C=O) groups is 3. The van der Waals surface area contributed by atoms with Gasteiger partial charge in [-0.2, -0.15) is 0 Å². The van der Waals surface area contributed by atoms with Crippen molar-refractivity contribution in [2.45, 2.75) is 51.1 Å². The molecule has 2 atom stereocenters. The maximum absolute atomic E-state index is 13.1. The lowest BCUT2D eigenvalue weighted by Crippen LogP contribution is -2.49. The Labute approximate surface area is 163 Å². The van der Waals surface area contributed by atoms with Crippen molar-refractivity contribution in [3.8, 4) is 0 Å². The van der Waals surface area contributed by atoms with Gasteiger partial charge < -0.3 is 14.6 Å². The van der Waals surface area contributed by atoms with Gasteiger partial charge in [-0.1, -0.05) is 25.1 Å². The molecule has 2 fully saturated rings. The number of hydrogen-bond acceptors (Lipinski definition) is 4. The Morgan fingerprint density at radius 2 is 2.07 bits per heavy atom. The molecule has 1 aromatic heterocycles. The summed E-state index contributed by atoms with van der Waals surface area (Å²) in [5.41, 5.74) is -0.669. The largest absolute Gasteiger partial charge is 0.458 e. The molecule has 3 heterocycles. The first kappa shape index (κ1) is 18.5. The topological polar surface area (TPSA) is 82.9 Å². The number of hydrogen-bond donors (Lipinski definition) is 1. The Balaban J connectivity index is 1.55. The lowest BCUT2D eigenvalue weighted by molar-refractivity contribution is -0.141. The first-order chi connectivity index (χ1) is 13.4. The van der Waals surface area contributed by atoms with Gasteiger partial charge in [0.25, 0.3) is 5.91 Å². The number of likely N-dealkylation sites (tertiary alicyclic amines) is 1. The average Bonchev–Trinajstić information content (AvgIpc) is 3.24. The van der Waals surface area contributed by atoms with Gasteiger partial charge in [0.15, 0.2) is 5.54 Å². The molecule has 0 saturated carbocycles. The van der Waals surface area contributed by atoms with Crippen LogP contribution in [0.2, 0.25) is 0 Å². The number of nitrogens with zero attached hydrogens (tertiary/aromatic N) is 2. The number of amides is 4. The van der Waals surface area contributed by atoms with Gasteiger partial charge in [0, 0.05) is 18.0 Å². The SMILES string of the molecule is CCC1CCCCN1C(=O)CN1C(=O)NC(C)(c2cc3ccccc3o2)C1=O. The fraction of sp³-hybridized carbons (Fsp3) is 0.476. The van der Waals surface area contributed by atoms with Gasteiger partial charge in [-0.15, -0.1) is 0 Å². The molecule has 0 radical (unpaired) electrons. The molecule has 28 heavy (non-hydrogen) atoms. The summed E-state index contributed by atoms with van der Waals surface area (Å²) >= 11 is 0. The summed E-state index contributed by atoms with van der Waals surface area (Å²) < 4.78 is 5.82. The van der Waals surface area contributed by atoms with Crippen molar-refractivity contribution in [1.29, 1.82) is 0 Å². The van der Waals surface area contributed by atoms with Crippen molar-refractivity contribution in [3.63, 3.8) is 0 Å². The number of imide groups is 1. The van der Waals surface area contributed by atoms with Crippen LogP contribution < -0.4 is 5.32 Å². The van der Waals surface area contributed by atoms with Crippen molar-refractivity contribution in [1.82, 2.24) is 15.1 Å². The summed E-state index contributed by atoms with van der Waals surface area (Å²) in [6.07, 6.45) is 3.91. The maximum atomic E-state index is 13.1. The van der Waals surface area contributed by atoms with Crippen molar-refractivity contribution >= 4 is 28.8 Å². The van der Waals surface area contributed by atoms with E-state index in [2.05, 4.69) is 12.2 Å². The molecule has 7 nitrogen and oxygen atoms in total. The molecule has 2 aromatic rings. The van der Waals surface area contributed by atoms with Gasteiger partial charge in [0.2, 0.25) is 5.91 Å². The van der Waals surface area contributed by atoms with E-state index in [0.29, 0.717) is 17.9 Å². The van der Waals surface area contributed by atoms with E-state index in [0.717, 1.165) is 36.0 Å². The predicted molar refractivity (Wildman–Crippen MR) is 103 cm³/mol. The lowest BCUT2D eigenvalue weighted by atomic mass is 9.98. The van der Waals surface area contributed by atoms with Crippen LogP contribution in [-0.2, 0) is 15.1 Å². The van der Waals surface area contributed by atoms with E-state index in [1.807, 2.05) is 29.2 Å². The van der Waals surface area contributed by atoms with Gasteiger partial charge in [-0.25, -0.2) is 4.79 Å². The third-order valence-electron chi connectivity index (χ3n) is 5.91. The Hall–Kier alpha value is -2.83. The van der Waals surface area contributed by atoms with Gasteiger partial charge in [-0.05, 0) is 44.7 Å². The molecule has 7 heteroatoms. The smallest absolute Gasteiger partial charge is 0.325 e. The van der Waals surface area contributed by atoms with Crippen LogP contribution in [-0.4, -0.2) is 46.8 Å². The monoisotopic (exact) mass is 383 g/mol. The second kappa shape index (κ2) is 6.96. The number of urea groups is 1. The highest BCUT2D eigenvalue weighted by atomic mass is 16.3. The number of benzene rings is 1. The van der Waals surface area contributed by atoms with Crippen molar-refractivity contribution in [3.05, 3.63) is 36.1 Å². The molecule has 2 saturated heterocycles. The predicted octanol–water partition coefficient (Wildman–Crippen LogP) is 2.99. The molecule has 0 spiro atoms. The molecule has 2 aliphatic rings. The van der Waals surface area contributed by atoms with E-state index in [9.17, 15) is 14.4 Å². The molecule has 2 aliphatic heterocycles. The highest BCUT2D eigenvalue weighted by Gasteiger charge is 2.52. The summed E-state index contributed by atoms with van der Waals surface area (Å²) in [5.74, 6) is -0.273. The van der Waals surface area contributed by atoms with E-state index in [-0.39, 0.29) is 18.5 Å². The third-order valence-corrected chi connectivity index (χ3v) is 5.91. The van der Waals surface area contributed by atoms with Crippen LogP contribution in [0.5, 0.6) is 0 Å². The zero-order valence-corrected chi connectivity index (χ0v) is 16.2. The van der Waals surface area contributed by atoms with E-state index in [1.54, 1.807) is 13.0 Å². The highest BCUT2D eigenvalue weighted by molar-refractivity contribution is 6.09. The molecule has 4 rings (SSSR count). The molecule has 4 amide bonds. The Kier molecular flexibility index (Phi) is 4.61. The minimum absolute atomic E-state index is 0.177. The molecular formula is C21H25N3O4. The number of furan rings is 1. The van der Waals surface area contributed by atoms with Crippen LogP contribution in [0.15, 0.2) is 34.7 Å². The summed E-state index contributed by atoms with van der Waals surface area (Å²) in [4.78, 5) is 41.3. The van der Waals surface area contributed by atoms with E-state index in [4.69, 9.17) is 4.42 Å². The van der Waals surface area contributed by atoms with Crippen molar-refractivity contribution in [2.24, 2.45) is 0 Å². The van der Waals surface area contributed by atoms with Gasteiger partial charge in [-0.3, -0.25) is 14.5 Å². The van der Waals surface area contributed by atoms with E-state index < -0.39 is 17.5 Å². The minimum Gasteiger partial charge on any atom is -0.458 e. The van der Waals surface area contributed by atoms with E-state index in [1.165, 1.54) is 0 Å². The average molecular weight is 383 g/mol. The second-order valence-electron chi connectivity index (χ2n) is 7.74. The van der Waals surface area contributed by atoms with Crippen LogP contribution in [0, 0.1) is 0 Å². The molecule has 2 unspecified atom stereocenters. The Morgan fingerprint density at radius 1 is 1.29 bits per heavy atom. The van der Waals surface area contributed by atoms with Gasteiger partial charge in [0.1, 0.15) is 17.9 Å². The normalized spacial score (nSPS) is 25.4. The molecule has 0 aliphatic carbocycles. The fourth-order valence-corrected chi connectivity index (χ4v) is 4.22. The quantitative estimate of drug-likeness (QED) is 0.823. The van der Waals surface area contributed by atoms with Gasteiger partial charge in [0.05, 0.1) is 0 Å². The van der Waals surface area contributed by atoms with Crippen LogP contribution in [0.1, 0.15) is 45.3 Å². The number of para-hydroxylation sites is 1. The van der Waals surface area contributed by atoms with Crippen LogP contribution >= 0.6 is 0 Å². The van der Waals surface area contributed by atoms with Crippen LogP contribution in [0.3, 0.4) is 0 Å². The van der Waals surface area contributed by atoms with E-state index >= 15 is 0 Å². The number of fused-ring (bicyclic) bond motifs is 1. The van der Waals surface area contributed by atoms with Crippen LogP contribution in [0.25, 0.3) is 11.0 Å². The molecular weight excluding hydrogens is 358 g/mol. The second-order valence-corrected chi connectivity index (χ2v) is 7.74. The molecule has 1 N–H and O–H groups in total. The molecule has 148 valence electrons. The summed E-state index contributed by atoms with van der Waals surface area (Å²) in [6.45, 7) is 4.12. The number of piperidine rings is 1. The zero-order chi connectivity index (χ0) is 19.9. The number of rotatable bonds is 4. The number of nitrogens with one attached hydrogen (secondary N) is 1. The minimum atomic E-state index is -1.32. The maximum Gasteiger partial charge on any atom is 0.325 e. The lowest BCUT2D eigenvalue weighted by Gasteiger charge is -2.36. The summed E-state index contributed by atoms with van der Waals surface area (Å²) in [6, 6.07) is 8.81. The third kappa shape index (κ3) is 2.95. The highest BCUT2D eigenvalue weighted by Crippen LogP contribution is 2.33. The molecule has 0 bridgehead atoms. The fourth-order valence-electron chi connectivity index (χ4n) is 4.22. The summed E-state index contributed by atoms with van der Waals surface area (Å²) in [7, 11) is 0.